The van der Waals surface area contributed by atoms with Crippen molar-refractivity contribution in [1.29, 1.82) is 0 Å². The Labute approximate surface area is 161 Å². The molecule has 134 valence electrons. The van der Waals surface area contributed by atoms with E-state index in [0.29, 0.717) is 32.6 Å². The number of aromatic nitrogens is 1. The van der Waals surface area contributed by atoms with Gasteiger partial charge in [-0.1, -0.05) is 12.1 Å². The first-order valence-electron chi connectivity index (χ1n) is 7.41. The Morgan fingerprint density at radius 3 is 2.69 bits per heavy atom. The Bertz CT molecular complexity index is 965. The zero-order valence-corrected chi connectivity index (χ0v) is 16.3. The first-order valence-corrected chi connectivity index (χ1v) is 9.02. The average Bonchev–Trinajstić information content (AvgIpc) is 3.03. The summed E-state index contributed by atoms with van der Waals surface area (Å²) in [6.45, 7) is 0. The van der Waals surface area contributed by atoms with Gasteiger partial charge in [-0.3, -0.25) is 0 Å². The number of carboxylic acids is 1. The lowest BCUT2D eigenvalue weighted by molar-refractivity contribution is -0.131. The summed E-state index contributed by atoms with van der Waals surface area (Å²) in [5, 5.41) is 9.80. The highest BCUT2D eigenvalue weighted by atomic mass is 79.9. The molecule has 0 amide bonds. The van der Waals surface area contributed by atoms with Gasteiger partial charge in [-0.15, -0.1) is 0 Å². The number of fused-ring (bicyclic) bond motifs is 1. The minimum Gasteiger partial charge on any atom is -0.493 e. The summed E-state index contributed by atoms with van der Waals surface area (Å²) >= 11 is 4.34. The van der Waals surface area contributed by atoms with Gasteiger partial charge in [-0.05, 0) is 63.6 Å². The molecule has 3 aromatic rings. The first-order chi connectivity index (χ1) is 12.5. The minimum atomic E-state index is -1.08. The number of aliphatic carboxylic acids is 1. The molecular formula is C18H14BrNO5S. The van der Waals surface area contributed by atoms with Gasteiger partial charge < -0.3 is 19.0 Å². The van der Waals surface area contributed by atoms with Crippen LogP contribution in [0.4, 0.5) is 0 Å². The number of benzene rings is 2. The Morgan fingerprint density at radius 1 is 1.27 bits per heavy atom. The normalized spacial score (nSPS) is 11.6. The fourth-order valence-corrected chi connectivity index (χ4v) is 3.66. The van der Waals surface area contributed by atoms with Crippen molar-refractivity contribution in [3.05, 3.63) is 51.3 Å². The van der Waals surface area contributed by atoms with E-state index in [0.717, 1.165) is 11.8 Å². The molecule has 3 rings (SSSR count). The molecule has 0 aliphatic rings. The van der Waals surface area contributed by atoms with Crippen molar-refractivity contribution < 1.29 is 23.8 Å². The summed E-state index contributed by atoms with van der Waals surface area (Å²) in [6.07, 6.45) is 1.52. The number of nitrogens with zero attached hydrogens (tertiary/aromatic N) is 1. The summed E-state index contributed by atoms with van der Waals surface area (Å²) in [4.78, 5) is 16.0. The first kappa shape index (κ1) is 18.3. The predicted molar refractivity (Wildman–Crippen MR) is 103 cm³/mol. The van der Waals surface area contributed by atoms with Gasteiger partial charge in [0.1, 0.15) is 10.4 Å². The van der Waals surface area contributed by atoms with Crippen molar-refractivity contribution >= 4 is 50.8 Å². The van der Waals surface area contributed by atoms with Crippen LogP contribution in [0.3, 0.4) is 0 Å². The second-order valence-corrected chi connectivity index (χ2v) is 6.95. The Hall–Kier alpha value is -2.45. The van der Waals surface area contributed by atoms with Crippen LogP contribution in [0.1, 0.15) is 5.56 Å². The molecule has 2 aromatic carbocycles. The fraction of sp³-hybridized carbons (Fsp3) is 0.111. The number of carbonyl (C=O) groups is 1. The van der Waals surface area contributed by atoms with Crippen LogP contribution in [0.15, 0.2) is 55.4 Å². The molecule has 0 radical (unpaired) electrons. The molecule has 0 aliphatic carbocycles. The highest BCUT2D eigenvalue weighted by molar-refractivity contribution is 9.10. The standard InChI is InChI=1S/C18H14BrNO5S/c1-23-14-8-10(7-11(19)16(14)24-2)9-15(17(21)22)26-18-20-12-5-3-4-6-13(12)25-18/h3-9H,1-2H3,(H,21,22)/b15-9-. The van der Waals surface area contributed by atoms with Gasteiger partial charge in [0.2, 0.25) is 0 Å². The lowest BCUT2D eigenvalue weighted by atomic mass is 10.2. The summed E-state index contributed by atoms with van der Waals surface area (Å²) in [6, 6.07) is 10.7. The predicted octanol–water partition coefficient (Wildman–Crippen LogP) is 4.83. The molecule has 1 N–H and O–H groups in total. The zero-order chi connectivity index (χ0) is 18.7. The molecule has 0 saturated carbocycles. The van der Waals surface area contributed by atoms with Crippen molar-refractivity contribution in [2.45, 2.75) is 5.22 Å². The van der Waals surface area contributed by atoms with Crippen LogP contribution in [0.5, 0.6) is 11.5 Å². The highest BCUT2D eigenvalue weighted by Gasteiger charge is 2.16. The van der Waals surface area contributed by atoms with Crippen LogP contribution in [-0.4, -0.2) is 30.3 Å². The molecule has 8 heteroatoms. The average molecular weight is 436 g/mol. The van der Waals surface area contributed by atoms with Crippen LogP contribution < -0.4 is 9.47 Å². The molecule has 0 atom stereocenters. The van der Waals surface area contributed by atoms with Crippen LogP contribution in [0.2, 0.25) is 0 Å². The lowest BCUT2D eigenvalue weighted by Crippen LogP contribution is -1.97. The van der Waals surface area contributed by atoms with E-state index in [1.807, 2.05) is 12.1 Å². The Balaban J connectivity index is 1.97. The number of carboxylic acid groups (broad SMARTS) is 1. The number of hydrogen-bond acceptors (Lipinski definition) is 6. The van der Waals surface area contributed by atoms with Crippen LogP contribution in [-0.2, 0) is 4.79 Å². The second kappa shape index (κ2) is 7.84. The van der Waals surface area contributed by atoms with E-state index in [9.17, 15) is 9.90 Å². The van der Waals surface area contributed by atoms with E-state index in [2.05, 4.69) is 20.9 Å². The van der Waals surface area contributed by atoms with Crippen molar-refractivity contribution in [3.63, 3.8) is 0 Å². The monoisotopic (exact) mass is 435 g/mol. The van der Waals surface area contributed by atoms with Gasteiger partial charge in [-0.25, -0.2) is 9.78 Å². The van der Waals surface area contributed by atoms with E-state index in [1.165, 1.54) is 20.3 Å². The summed E-state index contributed by atoms with van der Waals surface area (Å²) in [5.74, 6) is -0.0546. The molecule has 1 heterocycles. The Morgan fingerprint density at radius 2 is 2.04 bits per heavy atom. The van der Waals surface area contributed by atoms with Crippen LogP contribution in [0, 0.1) is 0 Å². The van der Waals surface area contributed by atoms with Gasteiger partial charge in [-0.2, -0.15) is 0 Å². The van der Waals surface area contributed by atoms with Crippen molar-refractivity contribution in [3.8, 4) is 11.5 Å². The SMILES string of the molecule is COc1cc(/C=C(\Sc2nc3ccccc3o2)C(=O)O)cc(Br)c1OC. The zero-order valence-electron chi connectivity index (χ0n) is 13.9. The molecule has 0 spiro atoms. The van der Waals surface area contributed by atoms with Gasteiger partial charge in [0.15, 0.2) is 17.1 Å². The minimum absolute atomic E-state index is 0.0654. The number of thioether (sulfide) groups is 1. The molecular weight excluding hydrogens is 422 g/mol. The molecule has 26 heavy (non-hydrogen) atoms. The van der Waals surface area contributed by atoms with E-state index >= 15 is 0 Å². The molecule has 0 saturated heterocycles. The summed E-state index contributed by atoms with van der Waals surface area (Å²) in [7, 11) is 3.05. The lowest BCUT2D eigenvalue weighted by Gasteiger charge is -2.10. The smallest absolute Gasteiger partial charge is 0.342 e. The Kier molecular flexibility index (Phi) is 5.53. The fourth-order valence-electron chi connectivity index (χ4n) is 2.30. The van der Waals surface area contributed by atoms with Crippen molar-refractivity contribution in [2.24, 2.45) is 0 Å². The highest BCUT2D eigenvalue weighted by Crippen LogP contribution is 2.38. The van der Waals surface area contributed by atoms with Gasteiger partial charge in [0, 0.05) is 0 Å². The van der Waals surface area contributed by atoms with Gasteiger partial charge in [0.25, 0.3) is 5.22 Å². The quantitative estimate of drug-likeness (QED) is 0.438. The molecule has 0 bridgehead atoms. The third kappa shape index (κ3) is 3.86. The molecule has 6 nitrogen and oxygen atoms in total. The maximum atomic E-state index is 11.7. The van der Waals surface area contributed by atoms with Crippen molar-refractivity contribution in [2.75, 3.05) is 14.2 Å². The van der Waals surface area contributed by atoms with E-state index < -0.39 is 5.97 Å². The second-order valence-electron chi connectivity index (χ2n) is 5.10. The van der Waals surface area contributed by atoms with Gasteiger partial charge >= 0.3 is 5.97 Å². The maximum absolute atomic E-state index is 11.7. The largest absolute Gasteiger partial charge is 0.493 e. The maximum Gasteiger partial charge on any atom is 0.342 e. The van der Waals surface area contributed by atoms with Crippen molar-refractivity contribution in [1.82, 2.24) is 4.98 Å². The summed E-state index contributed by atoms with van der Waals surface area (Å²) < 4.78 is 16.8. The number of ether oxygens (including phenoxy) is 2. The number of rotatable bonds is 6. The third-order valence-electron chi connectivity index (χ3n) is 3.44. The van der Waals surface area contributed by atoms with E-state index in [1.54, 1.807) is 24.3 Å². The number of hydrogen-bond donors (Lipinski definition) is 1. The summed E-state index contributed by atoms with van der Waals surface area (Å²) in [5.41, 5.74) is 1.91. The van der Waals surface area contributed by atoms with E-state index in [-0.39, 0.29) is 10.1 Å². The van der Waals surface area contributed by atoms with Crippen LogP contribution >= 0.6 is 27.7 Å². The third-order valence-corrected chi connectivity index (χ3v) is 4.89. The number of oxazole rings is 1. The van der Waals surface area contributed by atoms with E-state index in [4.69, 9.17) is 13.9 Å². The van der Waals surface area contributed by atoms with Gasteiger partial charge in [0.05, 0.1) is 18.7 Å². The number of methoxy groups -OCH3 is 2. The molecule has 0 fully saturated rings. The topological polar surface area (TPSA) is 81.8 Å². The molecule has 0 aliphatic heterocycles. The molecule has 0 unspecified atom stereocenters. The van der Waals surface area contributed by atoms with Crippen LogP contribution in [0.25, 0.3) is 17.2 Å². The number of halogens is 1. The molecule has 1 aromatic heterocycles. The number of para-hydroxylation sites is 2.